The lowest BCUT2D eigenvalue weighted by molar-refractivity contribution is 0.00970. The first-order valence-corrected chi connectivity index (χ1v) is 7.29. The average Bonchev–Trinajstić information content (AvgIpc) is 2.84. The molecule has 0 aromatic carbocycles. The molecule has 0 amide bonds. The minimum Gasteiger partial charge on any atom is -0.373 e. The number of hydrogen-bond acceptors (Lipinski definition) is 5. The second-order valence-corrected chi connectivity index (χ2v) is 5.61. The van der Waals surface area contributed by atoms with Crippen molar-refractivity contribution in [2.75, 3.05) is 11.9 Å². The smallest absolute Gasteiger partial charge is 0.130 e. The predicted molar refractivity (Wildman–Crippen MR) is 80.1 cm³/mol. The summed E-state index contributed by atoms with van der Waals surface area (Å²) in [6.07, 6.45) is 5.92. The molecule has 1 N–H and O–H groups in total. The van der Waals surface area contributed by atoms with Gasteiger partial charge in [0.2, 0.25) is 0 Å². The van der Waals surface area contributed by atoms with Crippen molar-refractivity contribution in [3.63, 3.8) is 0 Å². The van der Waals surface area contributed by atoms with Gasteiger partial charge in [0, 0.05) is 43.2 Å². The number of ether oxygens (including phenoxy) is 1. The van der Waals surface area contributed by atoms with Crippen LogP contribution in [0.3, 0.4) is 0 Å². The molecular weight excluding hydrogens is 266 g/mol. The van der Waals surface area contributed by atoms with Gasteiger partial charge in [-0.05, 0) is 26.7 Å². The monoisotopic (exact) mass is 287 g/mol. The molecule has 0 unspecified atom stereocenters. The topological polar surface area (TPSA) is 64.9 Å². The molecule has 6 nitrogen and oxygen atoms in total. The molecule has 2 aromatic rings. The number of hydrogen-bond donors (Lipinski definition) is 1. The first-order valence-electron chi connectivity index (χ1n) is 7.29. The number of aromatic nitrogens is 4. The van der Waals surface area contributed by atoms with E-state index in [4.69, 9.17) is 4.74 Å². The molecule has 0 bridgehead atoms. The van der Waals surface area contributed by atoms with Gasteiger partial charge in [0.25, 0.3) is 0 Å². The molecule has 21 heavy (non-hydrogen) atoms. The Morgan fingerprint density at radius 3 is 2.90 bits per heavy atom. The molecule has 0 aliphatic carbocycles. The van der Waals surface area contributed by atoms with E-state index in [-0.39, 0.29) is 6.10 Å². The van der Waals surface area contributed by atoms with Crippen LogP contribution in [0.1, 0.15) is 36.0 Å². The van der Waals surface area contributed by atoms with Crippen molar-refractivity contribution in [2.45, 2.75) is 38.8 Å². The summed E-state index contributed by atoms with van der Waals surface area (Å²) >= 11 is 0. The quantitative estimate of drug-likeness (QED) is 0.937. The Morgan fingerprint density at radius 1 is 1.33 bits per heavy atom. The number of nitrogens with zero attached hydrogens (tertiary/aromatic N) is 4. The molecule has 6 heteroatoms. The third-order valence-corrected chi connectivity index (χ3v) is 3.70. The zero-order valence-corrected chi connectivity index (χ0v) is 12.7. The summed E-state index contributed by atoms with van der Waals surface area (Å²) in [5.74, 6) is 1.70. The van der Waals surface area contributed by atoms with Crippen LogP contribution < -0.4 is 5.32 Å². The number of aryl methyl sites for hydroxylation is 3. The molecule has 0 spiro atoms. The van der Waals surface area contributed by atoms with Crippen molar-refractivity contribution in [3.05, 3.63) is 35.5 Å². The van der Waals surface area contributed by atoms with Gasteiger partial charge in [0.05, 0.1) is 12.3 Å². The van der Waals surface area contributed by atoms with Crippen LogP contribution in [0.15, 0.2) is 18.5 Å². The highest BCUT2D eigenvalue weighted by molar-refractivity contribution is 5.37. The lowest BCUT2D eigenvalue weighted by Gasteiger charge is -2.30. The van der Waals surface area contributed by atoms with Crippen LogP contribution in [0, 0.1) is 13.8 Å². The predicted octanol–water partition coefficient (Wildman–Crippen LogP) is 2.16. The van der Waals surface area contributed by atoms with E-state index in [0.717, 1.165) is 42.3 Å². The molecule has 2 aromatic heterocycles. The van der Waals surface area contributed by atoms with E-state index in [1.165, 1.54) is 0 Å². The van der Waals surface area contributed by atoms with Gasteiger partial charge in [-0.1, -0.05) is 0 Å². The Kier molecular flexibility index (Phi) is 3.88. The third-order valence-electron chi connectivity index (χ3n) is 3.70. The maximum Gasteiger partial charge on any atom is 0.130 e. The summed E-state index contributed by atoms with van der Waals surface area (Å²) in [7, 11) is 1.93. The number of anilines is 1. The summed E-state index contributed by atoms with van der Waals surface area (Å²) in [5, 5.41) is 7.73. The van der Waals surface area contributed by atoms with Crippen LogP contribution in [0.5, 0.6) is 0 Å². The van der Waals surface area contributed by atoms with Gasteiger partial charge in [0.15, 0.2) is 0 Å². The summed E-state index contributed by atoms with van der Waals surface area (Å²) in [6, 6.07) is 2.35. The first-order chi connectivity index (χ1) is 10.1. The van der Waals surface area contributed by atoms with Crippen molar-refractivity contribution in [3.8, 4) is 0 Å². The van der Waals surface area contributed by atoms with Crippen LogP contribution in [0.2, 0.25) is 0 Å². The normalized spacial score (nSPS) is 22.2. The molecule has 3 heterocycles. The lowest BCUT2D eigenvalue weighted by atomic mass is 9.99. The molecule has 0 radical (unpaired) electrons. The minimum absolute atomic E-state index is 0.106. The summed E-state index contributed by atoms with van der Waals surface area (Å²) in [6.45, 7) is 4.66. The molecule has 3 rings (SSSR count). The van der Waals surface area contributed by atoms with Crippen LogP contribution >= 0.6 is 0 Å². The fourth-order valence-corrected chi connectivity index (χ4v) is 2.77. The second-order valence-electron chi connectivity index (χ2n) is 5.61. The van der Waals surface area contributed by atoms with Gasteiger partial charge >= 0.3 is 0 Å². The van der Waals surface area contributed by atoms with E-state index in [2.05, 4.69) is 20.4 Å². The highest BCUT2D eigenvalue weighted by Crippen LogP contribution is 2.29. The van der Waals surface area contributed by atoms with Gasteiger partial charge in [0.1, 0.15) is 11.6 Å². The number of nitrogens with one attached hydrogen (secondary N) is 1. The van der Waals surface area contributed by atoms with Crippen molar-refractivity contribution in [2.24, 2.45) is 7.05 Å². The molecule has 2 atom stereocenters. The Hall–Kier alpha value is -1.95. The van der Waals surface area contributed by atoms with Crippen LogP contribution in [-0.2, 0) is 11.8 Å². The van der Waals surface area contributed by atoms with E-state index >= 15 is 0 Å². The Balaban J connectivity index is 1.68. The highest BCUT2D eigenvalue weighted by atomic mass is 16.5. The first kappa shape index (κ1) is 14.0. The summed E-state index contributed by atoms with van der Waals surface area (Å²) in [4.78, 5) is 8.76. The average molecular weight is 287 g/mol. The van der Waals surface area contributed by atoms with Crippen LogP contribution in [0.25, 0.3) is 0 Å². The van der Waals surface area contributed by atoms with Gasteiger partial charge < -0.3 is 10.1 Å². The maximum atomic E-state index is 5.87. The molecular formula is C15H21N5O. The van der Waals surface area contributed by atoms with Crippen LogP contribution in [-0.4, -0.2) is 32.4 Å². The van der Waals surface area contributed by atoms with E-state index < -0.39 is 0 Å². The number of rotatable bonds is 3. The largest absolute Gasteiger partial charge is 0.373 e. The van der Waals surface area contributed by atoms with Gasteiger partial charge in [-0.2, -0.15) is 5.10 Å². The zero-order valence-electron chi connectivity index (χ0n) is 12.7. The van der Waals surface area contributed by atoms with Crippen molar-refractivity contribution >= 4 is 5.82 Å². The van der Waals surface area contributed by atoms with E-state index in [1.54, 1.807) is 0 Å². The second kappa shape index (κ2) is 5.81. The summed E-state index contributed by atoms with van der Waals surface area (Å²) in [5.41, 5.74) is 2.12. The fraction of sp³-hybridized carbons (Fsp3) is 0.533. The van der Waals surface area contributed by atoms with Crippen molar-refractivity contribution in [1.29, 1.82) is 0 Å². The van der Waals surface area contributed by atoms with Gasteiger partial charge in [-0.3, -0.25) is 4.68 Å². The highest BCUT2D eigenvalue weighted by Gasteiger charge is 2.25. The van der Waals surface area contributed by atoms with Crippen LogP contribution in [0.4, 0.5) is 5.82 Å². The maximum absolute atomic E-state index is 5.87. The molecule has 0 saturated carbocycles. The molecule has 1 aliphatic rings. The Morgan fingerprint density at radius 2 is 2.19 bits per heavy atom. The van der Waals surface area contributed by atoms with E-state index in [1.807, 2.05) is 44.0 Å². The Bertz CT molecular complexity index is 604. The van der Waals surface area contributed by atoms with Crippen molar-refractivity contribution < 1.29 is 4.74 Å². The van der Waals surface area contributed by atoms with E-state index in [9.17, 15) is 0 Å². The standard InChI is InChI=1S/C15H21N5O/c1-10-6-15(18-11(2)17-10)19-13-4-5-21-14(7-13)12-8-16-20(3)9-12/h6,8-9,13-14H,4-5,7H2,1-3H3,(H,17,18,19)/t13-,14+/m1/s1. The molecule has 1 fully saturated rings. The summed E-state index contributed by atoms with van der Waals surface area (Å²) < 4.78 is 7.68. The third kappa shape index (κ3) is 3.39. The van der Waals surface area contributed by atoms with Gasteiger partial charge in [-0.25, -0.2) is 9.97 Å². The molecule has 1 saturated heterocycles. The van der Waals surface area contributed by atoms with Crippen molar-refractivity contribution in [1.82, 2.24) is 19.7 Å². The van der Waals surface area contributed by atoms with Gasteiger partial charge in [-0.15, -0.1) is 0 Å². The minimum atomic E-state index is 0.106. The molecule has 1 aliphatic heterocycles. The zero-order chi connectivity index (χ0) is 14.8. The SMILES string of the molecule is Cc1cc(N[C@@H]2CCO[C@H](c3cnn(C)c3)C2)nc(C)n1. The molecule has 112 valence electrons. The lowest BCUT2D eigenvalue weighted by Crippen LogP contribution is -2.30. The van der Waals surface area contributed by atoms with E-state index in [0.29, 0.717) is 6.04 Å². The Labute approximate surface area is 124 Å². The fourth-order valence-electron chi connectivity index (χ4n) is 2.77.